The van der Waals surface area contributed by atoms with Crippen LogP contribution in [0.1, 0.15) is 35.5 Å². The van der Waals surface area contributed by atoms with Gasteiger partial charge in [-0.2, -0.15) is 0 Å². The van der Waals surface area contributed by atoms with Crippen molar-refractivity contribution in [2.75, 3.05) is 14.2 Å². The molecular formula is C14H24FN3O4. The summed E-state index contributed by atoms with van der Waals surface area (Å²) in [5, 5.41) is 8.67. The number of carboxylic acid groups (broad SMARTS) is 1. The van der Waals surface area contributed by atoms with Gasteiger partial charge in [-0.3, -0.25) is 9.59 Å². The number of hydrogen-bond acceptors (Lipinski definition) is 6. The minimum absolute atomic E-state index is 0.00245. The first kappa shape index (κ1) is 22.2. The summed E-state index contributed by atoms with van der Waals surface area (Å²) in [6.45, 7) is 5.39. The van der Waals surface area contributed by atoms with Gasteiger partial charge in [0.1, 0.15) is 11.9 Å². The number of aldehydes is 1. The highest BCUT2D eigenvalue weighted by atomic mass is 19.1. The number of rotatable bonds is 5. The third-order valence-electron chi connectivity index (χ3n) is 2.50. The number of pyridine rings is 1. The Hall–Kier alpha value is -2.06. The number of hydrogen-bond donors (Lipinski definition) is 3. The van der Waals surface area contributed by atoms with Crippen molar-refractivity contribution in [3.05, 3.63) is 22.6 Å². The first-order valence-corrected chi connectivity index (χ1v) is 6.66. The summed E-state index contributed by atoms with van der Waals surface area (Å²) < 4.78 is 18.7. The predicted molar refractivity (Wildman–Crippen MR) is 81.6 cm³/mol. The van der Waals surface area contributed by atoms with Gasteiger partial charge in [0.2, 0.25) is 5.88 Å². The summed E-state index contributed by atoms with van der Waals surface area (Å²) in [5.74, 6) is -2.04. The van der Waals surface area contributed by atoms with Crippen LogP contribution in [0.4, 0.5) is 4.39 Å². The second-order valence-corrected chi connectivity index (χ2v) is 3.69. The number of carboxylic acids is 1. The second kappa shape index (κ2) is 11.6. The Balaban J connectivity index is 0. The smallest absolute Gasteiger partial charge is 0.320 e. The van der Waals surface area contributed by atoms with Crippen molar-refractivity contribution in [3.8, 4) is 5.88 Å². The van der Waals surface area contributed by atoms with Crippen LogP contribution in [0, 0.1) is 12.7 Å². The standard InChI is InChI=1S/C11H13FN2O4.C2H6.CH5N/c1-5-6(4-15)10(18-2)14-8(9(5)12)3-7(13)11(16)17;2*1-2/h4,7H,3,13H2,1-2H3,(H,16,17);1-2H3;2H2,1H3. The van der Waals surface area contributed by atoms with Crippen molar-refractivity contribution in [3.63, 3.8) is 0 Å². The van der Waals surface area contributed by atoms with Gasteiger partial charge in [0, 0.05) is 12.0 Å². The van der Waals surface area contributed by atoms with E-state index in [-0.39, 0.29) is 29.1 Å². The fraction of sp³-hybridized carbons (Fsp3) is 0.500. The van der Waals surface area contributed by atoms with Crippen LogP contribution in [0.5, 0.6) is 5.88 Å². The number of nitrogens with two attached hydrogens (primary N) is 2. The zero-order chi connectivity index (χ0) is 17.9. The molecule has 1 rings (SSSR count). The molecule has 8 heteroatoms. The molecule has 1 aromatic heterocycles. The Kier molecular flexibility index (Phi) is 11.7. The number of methoxy groups -OCH3 is 1. The van der Waals surface area contributed by atoms with Crippen LogP contribution in [0.3, 0.4) is 0 Å². The van der Waals surface area contributed by atoms with Crippen molar-refractivity contribution in [1.82, 2.24) is 4.98 Å². The van der Waals surface area contributed by atoms with Crippen molar-refractivity contribution in [1.29, 1.82) is 0 Å². The van der Waals surface area contributed by atoms with Gasteiger partial charge in [0.05, 0.1) is 18.4 Å². The van der Waals surface area contributed by atoms with E-state index >= 15 is 0 Å². The lowest BCUT2D eigenvalue weighted by Gasteiger charge is -2.12. The molecule has 1 atom stereocenters. The highest BCUT2D eigenvalue weighted by molar-refractivity contribution is 5.80. The number of carbonyl (C=O) groups is 2. The Morgan fingerprint density at radius 3 is 2.32 bits per heavy atom. The van der Waals surface area contributed by atoms with Crippen LogP contribution in [0.25, 0.3) is 0 Å². The third-order valence-corrected chi connectivity index (χ3v) is 2.50. The lowest BCUT2D eigenvalue weighted by Crippen LogP contribution is -2.33. The lowest BCUT2D eigenvalue weighted by molar-refractivity contribution is -0.138. The van der Waals surface area contributed by atoms with E-state index in [0.717, 1.165) is 0 Å². The van der Waals surface area contributed by atoms with E-state index < -0.39 is 17.8 Å². The number of halogens is 1. The van der Waals surface area contributed by atoms with E-state index in [1.807, 2.05) is 13.8 Å². The number of carbonyl (C=O) groups excluding carboxylic acids is 1. The molecule has 0 aliphatic heterocycles. The van der Waals surface area contributed by atoms with Gasteiger partial charge in [-0.1, -0.05) is 13.8 Å². The Morgan fingerprint density at radius 2 is 1.95 bits per heavy atom. The number of aromatic nitrogens is 1. The first-order valence-electron chi connectivity index (χ1n) is 6.66. The number of aliphatic carboxylic acids is 1. The van der Waals surface area contributed by atoms with Crippen LogP contribution in [0.2, 0.25) is 0 Å². The molecule has 0 bridgehead atoms. The largest absolute Gasteiger partial charge is 0.480 e. The molecule has 7 nitrogen and oxygen atoms in total. The maximum atomic E-state index is 13.9. The van der Waals surface area contributed by atoms with Gasteiger partial charge in [0.15, 0.2) is 6.29 Å². The molecule has 0 saturated heterocycles. The van der Waals surface area contributed by atoms with Crippen LogP contribution in [-0.4, -0.2) is 42.5 Å². The highest BCUT2D eigenvalue weighted by Gasteiger charge is 2.21. The topological polar surface area (TPSA) is 129 Å². The molecule has 22 heavy (non-hydrogen) atoms. The van der Waals surface area contributed by atoms with E-state index in [0.29, 0.717) is 6.29 Å². The molecule has 0 fully saturated rings. The minimum atomic E-state index is -1.27. The van der Waals surface area contributed by atoms with E-state index in [2.05, 4.69) is 10.7 Å². The molecule has 1 unspecified atom stereocenters. The molecule has 0 amide bonds. The molecule has 0 aromatic carbocycles. The zero-order valence-electron chi connectivity index (χ0n) is 13.5. The second-order valence-electron chi connectivity index (χ2n) is 3.69. The minimum Gasteiger partial charge on any atom is -0.480 e. The summed E-state index contributed by atoms with van der Waals surface area (Å²) in [4.78, 5) is 25.2. The molecule has 0 radical (unpaired) electrons. The molecule has 1 aromatic rings. The van der Waals surface area contributed by atoms with Crippen LogP contribution >= 0.6 is 0 Å². The quantitative estimate of drug-likeness (QED) is 0.688. The molecule has 5 N–H and O–H groups in total. The van der Waals surface area contributed by atoms with Gasteiger partial charge >= 0.3 is 5.97 Å². The van der Waals surface area contributed by atoms with Crippen LogP contribution < -0.4 is 16.2 Å². The van der Waals surface area contributed by atoms with Crippen molar-refractivity contribution >= 4 is 12.3 Å². The van der Waals surface area contributed by atoms with Crippen molar-refractivity contribution in [2.45, 2.75) is 33.2 Å². The Bertz CT molecular complexity index is 495. The molecule has 0 aliphatic carbocycles. The first-order chi connectivity index (χ1) is 10.4. The summed E-state index contributed by atoms with van der Waals surface area (Å²) in [5.41, 5.74) is 9.74. The number of ether oxygens (including phenoxy) is 1. The van der Waals surface area contributed by atoms with Gasteiger partial charge in [-0.15, -0.1) is 0 Å². The third kappa shape index (κ3) is 5.74. The summed E-state index contributed by atoms with van der Waals surface area (Å²) >= 11 is 0. The Morgan fingerprint density at radius 1 is 1.45 bits per heavy atom. The van der Waals surface area contributed by atoms with Gasteiger partial charge in [-0.25, -0.2) is 9.37 Å². The fourth-order valence-electron chi connectivity index (χ4n) is 1.45. The Labute approximate surface area is 129 Å². The molecule has 0 saturated carbocycles. The highest BCUT2D eigenvalue weighted by Crippen LogP contribution is 2.23. The number of nitrogens with zero attached hydrogens (tertiary/aromatic N) is 1. The lowest BCUT2D eigenvalue weighted by atomic mass is 10.1. The average molecular weight is 317 g/mol. The summed E-state index contributed by atoms with van der Waals surface area (Å²) in [6, 6.07) is -1.27. The van der Waals surface area contributed by atoms with E-state index in [4.69, 9.17) is 15.6 Å². The normalized spacial score (nSPS) is 10.4. The molecule has 126 valence electrons. The van der Waals surface area contributed by atoms with E-state index in [1.165, 1.54) is 21.1 Å². The maximum absolute atomic E-state index is 13.9. The monoisotopic (exact) mass is 317 g/mol. The summed E-state index contributed by atoms with van der Waals surface area (Å²) in [6.07, 6.45) is 0.155. The van der Waals surface area contributed by atoms with Crippen molar-refractivity contribution < 1.29 is 23.8 Å². The zero-order valence-corrected chi connectivity index (χ0v) is 13.5. The molecular weight excluding hydrogens is 293 g/mol. The fourth-order valence-corrected chi connectivity index (χ4v) is 1.45. The van der Waals surface area contributed by atoms with Gasteiger partial charge in [-0.05, 0) is 14.0 Å². The maximum Gasteiger partial charge on any atom is 0.320 e. The molecule has 1 heterocycles. The molecule has 0 aliphatic rings. The van der Waals surface area contributed by atoms with Crippen molar-refractivity contribution in [2.24, 2.45) is 11.5 Å². The predicted octanol–water partition coefficient (Wildman–Crippen LogP) is 0.906. The average Bonchev–Trinajstić information content (AvgIpc) is 2.55. The summed E-state index contributed by atoms with van der Waals surface area (Å²) in [7, 11) is 2.79. The SMILES string of the molecule is CC.CN.COc1nc(CC(N)C(=O)O)c(F)c(C)c1C=O. The van der Waals surface area contributed by atoms with Crippen LogP contribution in [-0.2, 0) is 11.2 Å². The molecule has 0 spiro atoms. The van der Waals surface area contributed by atoms with E-state index in [1.54, 1.807) is 0 Å². The van der Waals surface area contributed by atoms with Crippen LogP contribution in [0.15, 0.2) is 0 Å². The van der Waals surface area contributed by atoms with Gasteiger partial charge in [0.25, 0.3) is 0 Å². The van der Waals surface area contributed by atoms with Gasteiger partial charge < -0.3 is 21.3 Å². The van der Waals surface area contributed by atoms with E-state index in [9.17, 15) is 14.0 Å².